The fourth-order valence-corrected chi connectivity index (χ4v) is 4.28. The predicted octanol–water partition coefficient (Wildman–Crippen LogP) is 5.84. The number of carbonyl (C=O) groups excluding carboxylic acids is 2. The summed E-state index contributed by atoms with van der Waals surface area (Å²) in [6.07, 6.45) is 1.97. The quantitative estimate of drug-likeness (QED) is 0.336. The number of hydrogen-bond donors (Lipinski definition) is 1. The minimum Gasteiger partial charge on any atom is -0.497 e. The lowest BCUT2D eigenvalue weighted by molar-refractivity contribution is -0.141. The maximum Gasteiger partial charge on any atom is 0.243 e. The Morgan fingerprint density at radius 2 is 1.67 bits per heavy atom. The summed E-state index contributed by atoms with van der Waals surface area (Å²) in [5.41, 5.74) is 2.81. The lowest BCUT2D eigenvalue weighted by Gasteiger charge is -2.32. The van der Waals surface area contributed by atoms with Gasteiger partial charge in [0.15, 0.2) is 0 Å². The smallest absolute Gasteiger partial charge is 0.243 e. The van der Waals surface area contributed by atoms with Gasteiger partial charge in [0, 0.05) is 30.5 Å². The number of rotatable bonds is 12. The lowest BCUT2D eigenvalue weighted by atomic mass is 10.0. The number of benzene rings is 3. The Morgan fingerprint density at radius 1 is 0.972 bits per heavy atom. The molecule has 5 nitrogen and oxygen atoms in total. The first-order valence-corrected chi connectivity index (χ1v) is 12.8. The summed E-state index contributed by atoms with van der Waals surface area (Å²) in [5, 5.41) is 3.74. The van der Waals surface area contributed by atoms with Gasteiger partial charge < -0.3 is 15.0 Å². The molecule has 0 spiro atoms. The molecule has 3 aromatic carbocycles. The Bertz CT molecular complexity index is 1140. The van der Waals surface area contributed by atoms with Gasteiger partial charge in [0.1, 0.15) is 11.8 Å². The first-order valence-electron chi connectivity index (χ1n) is 12.4. The average Bonchev–Trinajstić information content (AvgIpc) is 2.90. The number of ether oxygens (including phenoxy) is 1. The van der Waals surface area contributed by atoms with Gasteiger partial charge in [-0.05, 0) is 54.7 Å². The van der Waals surface area contributed by atoms with Gasteiger partial charge in [-0.15, -0.1) is 0 Å². The van der Waals surface area contributed by atoms with E-state index in [0.717, 1.165) is 23.1 Å². The Morgan fingerprint density at radius 3 is 2.36 bits per heavy atom. The van der Waals surface area contributed by atoms with Crippen molar-refractivity contribution in [1.29, 1.82) is 0 Å². The molecule has 0 bridgehead atoms. The van der Waals surface area contributed by atoms with E-state index in [-0.39, 0.29) is 24.3 Å². The van der Waals surface area contributed by atoms with E-state index in [2.05, 4.69) is 5.32 Å². The van der Waals surface area contributed by atoms with Crippen LogP contribution >= 0.6 is 11.6 Å². The van der Waals surface area contributed by atoms with Crippen LogP contribution in [0.3, 0.4) is 0 Å². The van der Waals surface area contributed by atoms with E-state index in [1.54, 1.807) is 12.0 Å². The van der Waals surface area contributed by atoms with Crippen LogP contribution in [-0.2, 0) is 29.0 Å². The number of carbonyl (C=O) groups is 2. The molecular weight excluding hydrogens is 472 g/mol. The minimum atomic E-state index is -0.661. The summed E-state index contributed by atoms with van der Waals surface area (Å²) in [6, 6.07) is 24.3. The molecule has 2 unspecified atom stereocenters. The fraction of sp³-hybridized carbons (Fsp3) is 0.333. The third-order valence-corrected chi connectivity index (χ3v) is 6.69. The molecule has 0 saturated heterocycles. The molecule has 190 valence electrons. The van der Waals surface area contributed by atoms with Crippen molar-refractivity contribution in [3.63, 3.8) is 0 Å². The predicted molar refractivity (Wildman–Crippen MR) is 145 cm³/mol. The molecule has 3 rings (SSSR count). The van der Waals surface area contributed by atoms with Crippen LogP contribution in [0, 0.1) is 0 Å². The molecule has 2 amide bonds. The van der Waals surface area contributed by atoms with Gasteiger partial charge in [-0.3, -0.25) is 9.59 Å². The number of amides is 2. The maximum absolute atomic E-state index is 13.7. The van der Waals surface area contributed by atoms with Crippen LogP contribution in [-0.4, -0.2) is 35.9 Å². The van der Waals surface area contributed by atoms with Crippen molar-refractivity contribution >= 4 is 23.4 Å². The highest BCUT2D eigenvalue weighted by molar-refractivity contribution is 6.31. The summed E-state index contributed by atoms with van der Waals surface area (Å²) >= 11 is 6.34. The van der Waals surface area contributed by atoms with Crippen LogP contribution in [0.15, 0.2) is 78.9 Å². The number of hydrogen-bond acceptors (Lipinski definition) is 3. The topological polar surface area (TPSA) is 58.6 Å². The van der Waals surface area contributed by atoms with Crippen LogP contribution in [0.2, 0.25) is 5.02 Å². The molecule has 0 radical (unpaired) electrons. The Hall–Kier alpha value is -3.31. The fourth-order valence-electron chi connectivity index (χ4n) is 4.05. The van der Waals surface area contributed by atoms with E-state index in [1.807, 2.05) is 92.7 Å². The highest BCUT2D eigenvalue weighted by atomic mass is 35.5. The highest BCUT2D eigenvalue weighted by Gasteiger charge is 2.31. The Labute approximate surface area is 219 Å². The Kier molecular flexibility index (Phi) is 10.4. The van der Waals surface area contributed by atoms with Gasteiger partial charge in [-0.1, -0.05) is 79.2 Å². The molecule has 0 aliphatic heterocycles. The molecule has 1 N–H and O–H groups in total. The van der Waals surface area contributed by atoms with Crippen molar-refractivity contribution in [2.75, 3.05) is 7.11 Å². The molecular formula is C30H35ClN2O3. The van der Waals surface area contributed by atoms with Gasteiger partial charge in [-0.25, -0.2) is 0 Å². The summed E-state index contributed by atoms with van der Waals surface area (Å²) < 4.78 is 5.39. The molecule has 0 saturated carbocycles. The number of nitrogens with one attached hydrogen (secondary N) is 1. The van der Waals surface area contributed by atoms with Gasteiger partial charge in [0.25, 0.3) is 0 Å². The van der Waals surface area contributed by atoms with Crippen molar-refractivity contribution < 1.29 is 14.3 Å². The van der Waals surface area contributed by atoms with Crippen molar-refractivity contribution in [2.24, 2.45) is 0 Å². The zero-order valence-electron chi connectivity index (χ0n) is 21.2. The normalized spacial score (nSPS) is 12.4. The molecule has 0 aliphatic rings. The standard InChI is InChI=1S/C30H35ClN2O3/c1-4-22(2)32-30(35)28(20-23-11-6-5-7-12-23)33(21-24-13-10-15-26(19-24)36-3)29(34)18-17-25-14-8-9-16-27(25)31/h5-16,19,22,28H,4,17-18,20-21H2,1-3H3,(H,32,35). The monoisotopic (exact) mass is 506 g/mol. The second-order valence-corrected chi connectivity index (χ2v) is 9.40. The van der Waals surface area contributed by atoms with Crippen LogP contribution in [0.5, 0.6) is 5.75 Å². The molecule has 3 aromatic rings. The molecule has 6 heteroatoms. The van der Waals surface area contributed by atoms with Crippen LogP contribution < -0.4 is 10.1 Å². The van der Waals surface area contributed by atoms with E-state index < -0.39 is 6.04 Å². The van der Waals surface area contributed by atoms with Gasteiger partial charge in [0.05, 0.1) is 7.11 Å². The Balaban J connectivity index is 1.94. The summed E-state index contributed by atoms with van der Waals surface area (Å²) in [5.74, 6) is 0.458. The van der Waals surface area contributed by atoms with Gasteiger partial charge >= 0.3 is 0 Å². The lowest BCUT2D eigenvalue weighted by Crippen LogP contribution is -2.52. The second kappa shape index (κ2) is 13.7. The number of aryl methyl sites for hydroxylation is 1. The number of nitrogens with zero attached hydrogens (tertiary/aromatic N) is 1. The summed E-state index contributed by atoms with van der Waals surface area (Å²) in [7, 11) is 1.61. The number of methoxy groups -OCH3 is 1. The zero-order valence-corrected chi connectivity index (χ0v) is 22.0. The van der Waals surface area contributed by atoms with E-state index in [0.29, 0.717) is 30.2 Å². The summed E-state index contributed by atoms with van der Waals surface area (Å²) in [6.45, 7) is 4.30. The molecule has 0 heterocycles. The van der Waals surface area contributed by atoms with E-state index in [4.69, 9.17) is 16.3 Å². The van der Waals surface area contributed by atoms with Crippen molar-refractivity contribution in [2.45, 2.75) is 58.2 Å². The van der Waals surface area contributed by atoms with Crippen LogP contribution in [0.4, 0.5) is 0 Å². The molecule has 0 fully saturated rings. The van der Waals surface area contributed by atoms with E-state index in [1.165, 1.54) is 0 Å². The van der Waals surface area contributed by atoms with E-state index in [9.17, 15) is 9.59 Å². The average molecular weight is 507 g/mol. The van der Waals surface area contributed by atoms with Crippen molar-refractivity contribution in [3.05, 3.63) is 101 Å². The molecule has 0 aromatic heterocycles. The van der Waals surface area contributed by atoms with Gasteiger partial charge in [0.2, 0.25) is 11.8 Å². The second-order valence-electron chi connectivity index (χ2n) is 8.99. The molecule has 36 heavy (non-hydrogen) atoms. The van der Waals surface area contributed by atoms with Crippen LogP contribution in [0.25, 0.3) is 0 Å². The van der Waals surface area contributed by atoms with Crippen molar-refractivity contribution in [3.8, 4) is 5.75 Å². The SMILES string of the molecule is CCC(C)NC(=O)C(Cc1ccccc1)N(Cc1cccc(OC)c1)C(=O)CCc1ccccc1Cl. The highest BCUT2D eigenvalue weighted by Crippen LogP contribution is 2.21. The van der Waals surface area contributed by atoms with Crippen molar-refractivity contribution in [1.82, 2.24) is 10.2 Å². The molecule has 2 atom stereocenters. The third kappa shape index (κ3) is 7.85. The van der Waals surface area contributed by atoms with E-state index >= 15 is 0 Å². The first-order chi connectivity index (χ1) is 17.4. The zero-order chi connectivity index (χ0) is 25.9. The first kappa shape index (κ1) is 27.3. The van der Waals surface area contributed by atoms with Crippen LogP contribution in [0.1, 0.15) is 43.4 Å². The van der Waals surface area contributed by atoms with Gasteiger partial charge in [-0.2, -0.15) is 0 Å². The maximum atomic E-state index is 13.7. The summed E-state index contributed by atoms with van der Waals surface area (Å²) in [4.78, 5) is 29.0. The largest absolute Gasteiger partial charge is 0.497 e. The minimum absolute atomic E-state index is 0.00710. The number of halogens is 1. The third-order valence-electron chi connectivity index (χ3n) is 6.33. The molecule has 0 aliphatic carbocycles.